The van der Waals surface area contributed by atoms with E-state index < -0.39 is 5.41 Å². The molecular weight excluding hydrogens is 142 g/mol. The third-order valence-electron chi connectivity index (χ3n) is 1.74. The van der Waals surface area contributed by atoms with Crippen molar-refractivity contribution in [2.24, 2.45) is 11.1 Å². The number of carbonyl (C=O) groups excluding carboxylic acids is 1. The molecule has 0 heterocycles. The average molecular weight is 159 g/mol. The summed E-state index contributed by atoms with van der Waals surface area (Å²) in [5.74, 6) is -0.266. The van der Waals surface area contributed by atoms with Gasteiger partial charge >= 0.3 is 0 Å². The first-order chi connectivity index (χ1) is 5.00. The molecule has 0 fully saturated rings. The topological polar surface area (TPSA) is 52.3 Å². The van der Waals surface area contributed by atoms with Crippen molar-refractivity contribution in [3.8, 4) is 0 Å². The molecule has 3 nitrogen and oxygen atoms in total. The second-order valence-corrected chi connectivity index (χ2v) is 3.20. The molecule has 0 aliphatic carbocycles. The minimum atomic E-state index is -0.435. The van der Waals surface area contributed by atoms with Gasteiger partial charge in [0.2, 0.25) is 5.91 Å². The first-order valence-corrected chi connectivity index (χ1v) is 3.88. The highest BCUT2D eigenvalue weighted by Gasteiger charge is 2.23. The van der Waals surface area contributed by atoms with Crippen LogP contribution in [0.25, 0.3) is 0 Å². The average Bonchev–Trinajstić information content (AvgIpc) is 1.88. The number of amides is 1. The SMILES string of the molecule is CCOCCC(C)(C)C(N)=O. The number of nitrogens with two attached hydrogens (primary N) is 1. The maximum absolute atomic E-state index is 10.8. The Hall–Kier alpha value is -0.570. The normalized spacial score (nSPS) is 11.5. The van der Waals surface area contributed by atoms with Crippen LogP contribution in [0.15, 0.2) is 0 Å². The Bertz CT molecular complexity index is 132. The second-order valence-electron chi connectivity index (χ2n) is 3.20. The van der Waals surface area contributed by atoms with Crippen molar-refractivity contribution in [2.45, 2.75) is 27.2 Å². The fourth-order valence-corrected chi connectivity index (χ4v) is 0.595. The Morgan fingerprint density at radius 1 is 1.55 bits per heavy atom. The van der Waals surface area contributed by atoms with Gasteiger partial charge in [-0.2, -0.15) is 0 Å². The maximum Gasteiger partial charge on any atom is 0.223 e. The molecule has 0 atom stereocenters. The fraction of sp³-hybridized carbons (Fsp3) is 0.875. The Morgan fingerprint density at radius 3 is 2.45 bits per heavy atom. The summed E-state index contributed by atoms with van der Waals surface area (Å²) < 4.78 is 5.11. The van der Waals surface area contributed by atoms with E-state index in [-0.39, 0.29) is 5.91 Å². The third-order valence-corrected chi connectivity index (χ3v) is 1.74. The molecule has 1 amide bonds. The van der Waals surface area contributed by atoms with Gasteiger partial charge in [-0.25, -0.2) is 0 Å². The van der Waals surface area contributed by atoms with Gasteiger partial charge in [0.1, 0.15) is 0 Å². The molecule has 0 unspecified atom stereocenters. The molecule has 0 spiro atoms. The Labute approximate surface area is 67.9 Å². The van der Waals surface area contributed by atoms with Gasteiger partial charge < -0.3 is 10.5 Å². The molecular formula is C8H17NO2. The highest BCUT2D eigenvalue weighted by Crippen LogP contribution is 2.18. The van der Waals surface area contributed by atoms with E-state index in [9.17, 15) is 4.79 Å². The zero-order valence-corrected chi connectivity index (χ0v) is 7.52. The van der Waals surface area contributed by atoms with Crippen LogP contribution >= 0.6 is 0 Å². The lowest BCUT2D eigenvalue weighted by Crippen LogP contribution is -2.32. The second kappa shape index (κ2) is 4.34. The molecule has 0 aliphatic heterocycles. The third kappa shape index (κ3) is 3.98. The summed E-state index contributed by atoms with van der Waals surface area (Å²) in [7, 11) is 0. The van der Waals surface area contributed by atoms with Crippen LogP contribution in [0.1, 0.15) is 27.2 Å². The van der Waals surface area contributed by atoms with Gasteiger partial charge in [0.05, 0.1) is 0 Å². The molecule has 0 aromatic carbocycles. The molecule has 11 heavy (non-hydrogen) atoms. The Kier molecular flexibility index (Phi) is 4.11. The molecule has 0 radical (unpaired) electrons. The lowest BCUT2D eigenvalue weighted by Gasteiger charge is -2.19. The van der Waals surface area contributed by atoms with Crippen molar-refractivity contribution in [1.29, 1.82) is 0 Å². The summed E-state index contributed by atoms with van der Waals surface area (Å²) in [4.78, 5) is 10.8. The predicted molar refractivity (Wildman–Crippen MR) is 44.1 cm³/mol. The standard InChI is InChI=1S/C8H17NO2/c1-4-11-6-5-8(2,3)7(9)10/h4-6H2,1-3H3,(H2,9,10). The monoisotopic (exact) mass is 159 g/mol. The van der Waals surface area contributed by atoms with Crippen LogP contribution in [0.5, 0.6) is 0 Å². The fourth-order valence-electron chi connectivity index (χ4n) is 0.595. The van der Waals surface area contributed by atoms with Crippen molar-refractivity contribution in [3.63, 3.8) is 0 Å². The number of primary amides is 1. The lowest BCUT2D eigenvalue weighted by molar-refractivity contribution is -0.126. The van der Waals surface area contributed by atoms with Crippen molar-refractivity contribution in [1.82, 2.24) is 0 Å². The number of carbonyl (C=O) groups is 1. The molecule has 0 aromatic heterocycles. The first kappa shape index (κ1) is 10.4. The quantitative estimate of drug-likeness (QED) is 0.606. The van der Waals surface area contributed by atoms with E-state index in [1.165, 1.54) is 0 Å². The molecule has 0 aromatic rings. The highest BCUT2D eigenvalue weighted by atomic mass is 16.5. The Balaban J connectivity index is 3.64. The van der Waals surface area contributed by atoms with Crippen molar-refractivity contribution in [2.75, 3.05) is 13.2 Å². The minimum Gasteiger partial charge on any atom is -0.382 e. The largest absolute Gasteiger partial charge is 0.382 e. The van der Waals surface area contributed by atoms with E-state index in [0.717, 1.165) is 0 Å². The molecule has 3 heteroatoms. The summed E-state index contributed by atoms with van der Waals surface area (Å²) in [5.41, 5.74) is 4.72. The molecule has 0 saturated carbocycles. The van der Waals surface area contributed by atoms with Crippen LogP contribution in [0.3, 0.4) is 0 Å². The lowest BCUT2D eigenvalue weighted by atomic mass is 9.89. The van der Waals surface area contributed by atoms with E-state index in [2.05, 4.69) is 0 Å². The van der Waals surface area contributed by atoms with Gasteiger partial charge in [-0.1, -0.05) is 13.8 Å². The molecule has 0 saturated heterocycles. The molecule has 0 bridgehead atoms. The summed E-state index contributed by atoms with van der Waals surface area (Å²) in [6.45, 7) is 6.88. The maximum atomic E-state index is 10.8. The molecule has 0 aliphatic rings. The van der Waals surface area contributed by atoms with Gasteiger partial charge in [0.15, 0.2) is 0 Å². The van der Waals surface area contributed by atoms with Crippen LogP contribution in [0, 0.1) is 5.41 Å². The van der Waals surface area contributed by atoms with Gasteiger partial charge in [-0.05, 0) is 13.3 Å². The van der Waals surface area contributed by atoms with Crippen molar-refractivity contribution in [3.05, 3.63) is 0 Å². The van der Waals surface area contributed by atoms with E-state index in [1.54, 1.807) is 0 Å². The number of hydrogen-bond donors (Lipinski definition) is 1. The minimum absolute atomic E-state index is 0.266. The summed E-state index contributed by atoms with van der Waals surface area (Å²) in [6, 6.07) is 0. The summed E-state index contributed by atoms with van der Waals surface area (Å²) >= 11 is 0. The summed E-state index contributed by atoms with van der Waals surface area (Å²) in [5, 5.41) is 0. The Morgan fingerprint density at radius 2 is 2.09 bits per heavy atom. The zero-order valence-electron chi connectivity index (χ0n) is 7.52. The van der Waals surface area contributed by atoms with Gasteiger partial charge in [0.25, 0.3) is 0 Å². The van der Waals surface area contributed by atoms with Gasteiger partial charge in [0, 0.05) is 18.6 Å². The van der Waals surface area contributed by atoms with Crippen molar-refractivity contribution >= 4 is 5.91 Å². The number of rotatable bonds is 5. The van der Waals surface area contributed by atoms with Crippen molar-refractivity contribution < 1.29 is 9.53 Å². The van der Waals surface area contributed by atoms with E-state index in [0.29, 0.717) is 19.6 Å². The zero-order chi connectivity index (χ0) is 8.91. The molecule has 0 rings (SSSR count). The van der Waals surface area contributed by atoms with Crippen LogP contribution in [-0.2, 0) is 9.53 Å². The van der Waals surface area contributed by atoms with Gasteiger partial charge in [-0.3, -0.25) is 4.79 Å². The predicted octanol–water partition coefficient (Wildman–Crippen LogP) is 0.924. The van der Waals surface area contributed by atoms with E-state index in [1.807, 2.05) is 20.8 Å². The highest BCUT2D eigenvalue weighted by molar-refractivity contribution is 5.79. The van der Waals surface area contributed by atoms with E-state index >= 15 is 0 Å². The van der Waals surface area contributed by atoms with Gasteiger partial charge in [-0.15, -0.1) is 0 Å². The van der Waals surface area contributed by atoms with Crippen LogP contribution < -0.4 is 5.73 Å². The van der Waals surface area contributed by atoms with Crippen LogP contribution in [0.4, 0.5) is 0 Å². The number of ether oxygens (including phenoxy) is 1. The number of hydrogen-bond acceptors (Lipinski definition) is 2. The van der Waals surface area contributed by atoms with Crippen LogP contribution in [-0.4, -0.2) is 19.1 Å². The first-order valence-electron chi connectivity index (χ1n) is 3.88. The van der Waals surface area contributed by atoms with E-state index in [4.69, 9.17) is 10.5 Å². The molecule has 2 N–H and O–H groups in total. The molecule has 66 valence electrons. The smallest absolute Gasteiger partial charge is 0.223 e. The van der Waals surface area contributed by atoms with Crippen LogP contribution in [0.2, 0.25) is 0 Å². The summed E-state index contributed by atoms with van der Waals surface area (Å²) in [6.07, 6.45) is 0.691.